The highest BCUT2D eigenvalue weighted by Crippen LogP contribution is 2.29. The Bertz CT molecular complexity index is 615. The van der Waals surface area contributed by atoms with Crippen molar-refractivity contribution in [2.24, 2.45) is 5.84 Å². The van der Waals surface area contributed by atoms with Gasteiger partial charge in [-0.2, -0.15) is 0 Å². The molecule has 2 aromatic rings. The number of halogens is 1. The van der Waals surface area contributed by atoms with E-state index in [0.717, 1.165) is 12.1 Å². The van der Waals surface area contributed by atoms with Crippen LogP contribution in [0, 0.1) is 22.9 Å². The lowest BCUT2D eigenvalue weighted by Crippen LogP contribution is -2.10. The van der Waals surface area contributed by atoms with Crippen LogP contribution in [0.1, 0.15) is 5.56 Å². The lowest BCUT2D eigenvalue weighted by Gasteiger charge is -2.06. The number of fused-ring (bicyclic) bond motifs is 1. The minimum absolute atomic E-state index is 0.0715. The first kappa shape index (κ1) is 11.2. The molecule has 1 aromatic carbocycles. The van der Waals surface area contributed by atoms with E-state index in [0.29, 0.717) is 5.56 Å². The predicted octanol–water partition coefficient (Wildman–Crippen LogP) is 1.88. The standard InChI is InChI=1S/C10H9FN4O2/c1-5-4-6-8(15(16)17)3-2-7(11)9(6)13-10(5)14-12/h2-4H,12H2,1H3,(H,13,14). The fourth-order valence-corrected chi connectivity index (χ4v) is 1.62. The third-order valence-electron chi connectivity index (χ3n) is 2.44. The number of hydrogen-bond acceptors (Lipinski definition) is 5. The van der Waals surface area contributed by atoms with Crippen molar-refractivity contribution in [3.63, 3.8) is 0 Å². The molecule has 0 amide bonds. The third kappa shape index (κ3) is 1.76. The number of anilines is 1. The van der Waals surface area contributed by atoms with Gasteiger partial charge in [0, 0.05) is 6.07 Å². The van der Waals surface area contributed by atoms with Crippen molar-refractivity contribution in [1.82, 2.24) is 4.98 Å². The molecule has 0 bridgehead atoms. The zero-order valence-electron chi connectivity index (χ0n) is 8.90. The van der Waals surface area contributed by atoms with Crippen molar-refractivity contribution >= 4 is 22.4 Å². The Morgan fingerprint density at radius 3 is 2.82 bits per heavy atom. The minimum Gasteiger partial charge on any atom is -0.308 e. The predicted molar refractivity (Wildman–Crippen MR) is 60.9 cm³/mol. The number of pyridine rings is 1. The second kappa shape index (κ2) is 3.95. The van der Waals surface area contributed by atoms with Gasteiger partial charge in [-0.05, 0) is 24.6 Å². The second-order valence-electron chi connectivity index (χ2n) is 3.52. The van der Waals surface area contributed by atoms with Gasteiger partial charge in [-0.15, -0.1) is 0 Å². The fourth-order valence-electron chi connectivity index (χ4n) is 1.62. The minimum atomic E-state index is -0.623. The molecule has 0 radical (unpaired) electrons. The Hall–Kier alpha value is -2.28. The maximum atomic E-state index is 13.5. The topological polar surface area (TPSA) is 94.1 Å². The summed E-state index contributed by atoms with van der Waals surface area (Å²) < 4.78 is 13.5. The summed E-state index contributed by atoms with van der Waals surface area (Å²) in [5.74, 6) is 4.89. The summed E-state index contributed by atoms with van der Waals surface area (Å²) in [5.41, 5.74) is 2.67. The summed E-state index contributed by atoms with van der Waals surface area (Å²) in [6.45, 7) is 1.68. The molecule has 0 aliphatic carbocycles. The molecule has 0 unspecified atom stereocenters. The Kier molecular flexibility index (Phi) is 2.60. The number of nitro benzene ring substituents is 1. The highest BCUT2D eigenvalue weighted by Gasteiger charge is 2.17. The highest BCUT2D eigenvalue weighted by atomic mass is 19.1. The summed E-state index contributed by atoms with van der Waals surface area (Å²) in [6, 6.07) is 3.62. The molecule has 88 valence electrons. The van der Waals surface area contributed by atoms with E-state index in [1.54, 1.807) is 6.92 Å². The van der Waals surface area contributed by atoms with Crippen LogP contribution in [0.5, 0.6) is 0 Å². The van der Waals surface area contributed by atoms with Crippen LogP contribution in [0.15, 0.2) is 18.2 Å². The van der Waals surface area contributed by atoms with Gasteiger partial charge in [0.25, 0.3) is 5.69 Å². The van der Waals surface area contributed by atoms with Crippen molar-refractivity contribution in [1.29, 1.82) is 0 Å². The number of rotatable bonds is 2. The van der Waals surface area contributed by atoms with Crippen LogP contribution in [0.4, 0.5) is 15.9 Å². The molecule has 6 nitrogen and oxygen atoms in total. The number of non-ortho nitro benzene ring substituents is 1. The van der Waals surface area contributed by atoms with Crippen LogP contribution in [-0.2, 0) is 0 Å². The summed E-state index contributed by atoms with van der Waals surface area (Å²) in [4.78, 5) is 14.2. The van der Waals surface area contributed by atoms with Crippen molar-refractivity contribution in [3.8, 4) is 0 Å². The number of nitrogen functional groups attached to an aromatic ring is 1. The quantitative estimate of drug-likeness (QED) is 0.471. The fraction of sp³-hybridized carbons (Fsp3) is 0.100. The van der Waals surface area contributed by atoms with Gasteiger partial charge in [0.05, 0.1) is 10.3 Å². The van der Waals surface area contributed by atoms with Crippen LogP contribution < -0.4 is 11.3 Å². The average molecular weight is 236 g/mol. The zero-order chi connectivity index (χ0) is 12.6. The van der Waals surface area contributed by atoms with Crippen molar-refractivity contribution in [3.05, 3.63) is 39.7 Å². The van der Waals surface area contributed by atoms with E-state index in [-0.39, 0.29) is 22.4 Å². The molecule has 3 N–H and O–H groups in total. The third-order valence-corrected chi connectivity index (χ3v) is 2.44. The summed E-state index contributed by atoms with van der Waals surface area (Å²) in [7, 11) is 0. The molecular formula is C10H9FN4O2. The molecule has 1 aromatic heterocycles. The average Bonchev–Trinajstić information content (AvgIpc) is 2.28. The number of nitrogens with two attached hydrogens (primary N) is 1. The smallest absolute Gasteiger partial charge is 0.278 e. The summed E-state index contributed by atoms with van der Waals surface area (Å²) in [6.07, 6.45) is 0. The van der Waals surface area contributed by atoms with Gasteiger partial charge in [0.15, 0.2) is 0 Å². The molecule has 0 aliphatic heterocycles. The number of hydrazine groups is 1. The zero-order valence-corrected chi connectivity index (χ0v) is 8.90. The van der Waals surface area contributed by atoms with Gasteiger partial charge >= 0.3 is 0 Å². The molecule has 1 heterocycles. The van der Waals surface area contributed by atoms with E-state index in [9.17, 15) is 14.5 Å². The Balaban J connectivity index is 2.87. The monoisotopic (exact) mass is 236 g/mol. The number of hydrogen-bond donors (Lipinski definition) is 2. The van der Waals surface area contributed by atoms with Crippen LogP contribution in [0.3, 0.4) is 0 Å². The maximum absolute atomic E-state index is 13.5. The van der Waals surface area contributed by atoms with Gasteiger partial charge in [0.2, 0.25) is 0 Å². The van der Waals surface area contributed by atoms with Crippen molar-refractivity contribution in [2.45, 2.75) is 6.92 Å². The van der Waals surface area contributed by atoms with Gasteiger partial charge < -0.3 is 5.43 Å². The number of aromatic nitrogens is 1. The second-order valence-corrected chi connectivity index (χ2v) is 3.52. The highest BCUT2D eigenvalue weighted by molar-refractivity contribution is 5.90. The van der Waals surface area contributed by atoms with E-state index >= 15 is 0 Å². The Morgan fingerprint density at radius 1 is 1.53 bits per heavy atom. The lowest BCUT2D eigenvalue weighted by molar-refractivity contribution is -0.383. The maximum Gasteiger partial charge on any atom is 0.278 e. The van der Waals surface area contributed by atoms with Crippen molar-refractivity contribution < 1.29 is 9.31 Å². The molecule has 17 heavy (non-hydrogen) atoms. The van der Waals surface area contributed by atoms with E-state index in [4.69, 9.17) is 5.84 Å². The molecule has 0 aliphatic rings. The van der Waals surface area contributed by atoms with E-state index in [1.165, 1.54) is 6.07 Å². The first-order valence-corrected chi connectivity index (χ1v) is 4.75. The molecule has 7 heteroatoms. The van der Waals surface area contributed by atoms with Gasteiger partial charge in [-0.25, -0.2) is 15.2 Å². The molecule has 0 saturated carbocycles. The number of nitrogens with zero attached hydrogens (tertiary/aromatic N) is 2. The van der Waals surface area contributed by atoms with Crippen LogP contribution in [-0.4, -0.2) is 9.91 Å². The number of aryl methyl sites for hydroxylation is 1. The van der Waals surface area contributed by atoms with Gasteiger partial charge in [-0.3, -0.25) is 10.1 Å². The van der Waals surface area contributed by atoms with E-state index < -0.39 is 10.7 Å². The van der Waals surface area contributed by atoms with Gasteiger partial charge in [-0.1, -0.05) is 0 Å². The summed E-state index contributed by atoms with van der Waals surface area (Å²) in [5, 5.41) is 11.0. The summed E-state index contributed by atoms with van der Waals surface area (Å²) >= 11 is 0. The van der Waals surface area contributed by atoms with Gasteiger partial charge in [0.1, 0.15) is 17.2 Å². The van der Waals surface area contributed by atoms with Crippen LogP contribution in [0.25, 0.3) is 10.9 Å². The Morgan fingerprint density at radius 2 is 2.24 bits per heavy atom. The van der Waals surface area contributed by atoms with Crippen molar-refractivity contribution in [2.75, 3.05) is 5.43 Å². The molecule has 0 atom stereocenters. The van der Waals surface area contributed by atoms with Crippen LogP contribution >= 0.6 is 0 Å². The number of nitrogens with one attached hydrogen (secondary N) is 1. The largest absolute Gasteiger partial charge is 0.308 e. The molecule has 0 fully saturated rings. The number of benzene rings is 1. The normalized spacial score (nSPS) is 10.5. The SMILES string of the molecule is Cc1cc2c([N+](=O)[O-])ccc(F)c2nc1NN. The Labute approximate surface area is 95.4 Å². The number of nitro groups is 1. The molecular weight excluding hydrogens is 227 g/mol. The molecule has 2 rings (SSSR count). The van der Waals surface area contributed by atoms with E-state index in [2.05, 4.69) is 10.4 Å². The molecule has 0 spiro atoms. The first-order valence-electron chi connectivity index (χ1n) is 4.75. The molecule has 0 saturated heterocycles. The lowest BCUT2D eigenvalue weighted by atomic mass is 10.1. The first-order chi connectivity index (χ1) is 8.04. The van der Waals surface area contributed by atoms with E-state index in [1.807, 2.05) is 0 Å². The van der Waals surface area contributed by atoms with Crippen LogP contribution in [0.2, 0.25) is 0 Å².